The second-order valence-electron chi connectivity index (χ2n) is 6.45. The number of halogens is 3. The van der Waals surface area contributed by atoms with Crippen LogP contribution in [0, 0.1) is 0 Å². The molecule has 0 aliphatic carbocycles. The van der Waals surface area contributed by atoms with Gasteiger partial charge in [0, 0.05) is 30.4 Å². The first-order valence-electron chi connectivity index (χ1n) is 8.33. The topological polar surface area (TPSA) is 42.4 Å². The minimum absolute atomic E-state index is 0.0847. The zero-order valence-corrected chi connectivity index (χ0v) is 14.5. The van der Waals surface area contributed by atoms with Crippen LogP contribution in [-0.4, -0.2) is 41.1 Å². The summed E-state index contributed by atoms with van der Waals surface area (Å²) in [5, 5.41) is 0. The van der Waals surface area contributed by atoms with E-state index in [9.17, 15) is 18.0 Å². The van der Waals surface area contributed by atoms with Crippen molar-refractivity contribution in [1.29, 1.82) is 0 Å². The molecule has 4 nitrogen and oxygen atoms in total. The van der Waals surface area contributed by atoms with Gasteiger partial charge in [0.25, 0.3) is 5.91 Å². The van der Waals surface area contributed by atoms with Gasteiger partial charge in [-0.05, 0) is 38.1 Å². The van der Waals surface area contributed by atoms with Gasteiger partial charge < -0.3 is 9.64 Å². The Bertz CT molecular complexity index is 797. The van der Waals surface area contributed by atoms with Crippen LogP contribution in [0.4, 0.5) is 13.2 Å². The highest BCUT2D eigenvalue weighted by Crippen LogP contribution is 2.35. The normalized spacial score (nSPS) is 20.9. The quantitative estimate of drug-likeness (QED) is 0.808. The summed E-state index contributed by atoms with van der Waals surface area (Å²) in [6.45, 7) is 4.67. The molecule has 7 heteroatoms. The van der Waals surface area contributed by atoms with Gasteiger partial charge in [0.2, 0.25) is 0 Å². The Morgan fingerprint density at radius 1 is 1.15 bits per heavy atom. The Labute approximate surface area is 149 Å². The summed E-state index contributed by atoms with van der Waals surface area (Å²) in [5.74, 6) is -0.224. The molecule has 138 valence electrons. The summed E-state index contributed by atoms with van der Waals surface area (Å²) in [5.41, 5.74) is -0.405. The van der Waals surface area contributed by atoms with Crippen LogP contribution in [0.5, 0.6) is 0 Å². The number of benzene rings is 1. The molecule has 1 aromatic heterocycles. The van der Waals surface area contributed by atoms with Gasteiger partial charge in [-0.3, -0.25) is 9.78 Å². The molecule has 2 aromatic rings. The predicted molar refractivity (Wildman–Crippen MR) is 90.6 cm³/mol. The first-order chi connectivity index (χ1) is 12.3. The zero-order chi connectivity index (χ0) is 18.9. The molecule has 1 aliphatic rings. The number of hydrogen-bond acceptors (Lipinski definition) is 3. The minimum Gasteiger partial charge on any atom is -0.372 e. The Morgan fingerprint density at radius 2 is 1.85 bits per heavy atom. The lowest BCUT2D eigenvalue weighted by Gasteiger charge is -2.35. The van der Waals surface area contributed by atoms with E-state index in [0.29, 0.717) is 18.7 Å². The minimum atomic E-state index is -4.52. The molecule has 1 aromatic carbocycles. The largest absolute Gasteiger partial charge is 0.418 e. The van der Waals surface area contributed by atoms with Gasteiger partial charge in [0.05, 0.1) is 23.5 Å². The summed E-state index contributed by atoms with van der Waals surface area (Å²) >= 11 is 0. The predicted octanol–water partition coefficient (Wildman–Crippen LogP) is 4.02. The maximum atomic E-state index is 13.2. The lowest BCUT2D eigenvalue weighted by molar-refractivity contribution is -0.137. The summed E-state index contributed by atoms with van der Waals surface area (Å²) in [7, 11) is 0. The fourth-order valence-corrected chi connectivity index (χ4v) is 3.19. The molecule has 1 saturated heterocycles. The molecule has 1 aliphatic heterocycles. The number of hydrogen-bond donors (Lipinski definition) is 0. The second-order valence-corrected chi connectivity index (χ2v) is 6.45. The average molecular weight is 364 g/mol. The maximum Gasteiger partial charge on any atom is 0.418 e. The number of nitrogens with zero attached hydrogens (tertiary/aromatic N) is 2. The second kappa shape index (κ2) is 7.07. The van der Waals surface area contributed by atoms with E-state index >= 15 is 0 Å². The molecule has 3 rings (SSSR count). The van der Waals surface area contributed by atoms with E-state index in [-0.39, 0.29) is 29.4 Å². The van der Waals surface area contributed by atoms with Crippen molar-refractivity contribution in [2.45, 2.75) is 32.2 Å². The van der Waals surface area contributed by atoms with Gasteiger partial charge in [-0.15, -0.1) is 0 Å². The van der Waals surface area contributed by atoms with E-state index in [2.05, 4.69) is 4.98 Å². The fraction of sp³-hybridized carbons (Fsp3) is 0.368. The van der Waals surface area contributed by atoms with Crippen molar-refractivity contribution < 1.29 is 22.7 Å². The molecule has 0 bridgehead atoms. The monoisotopic (exact) mass is 364 g/mol. The third-order valence-electron chi connectivity index (χ3n) is 4.20. The molecule has 0 unspecified atom stereocenters. The number of pyridine rings is 1. The lowest BCUT2D eigenvalue weighted by atomic mass is 10.0. The van der Waals surface area contributed by atoms with E-state index in [4.69, 9.17) is 4.74 Å². The van der Waals surface area contributed by atoms with Crippen molar-refractivity contribution in [3.8, 4) is 11.3 Å². The standard InChI is InChI=1S/C19H19F3N2O2/c1-12-10-24(11-13(2)26-12)18(25)15-6-3-5-14(9-15)17-16(19(20,21)22)7-4-8-23-17/h3-9,12-13H,10-11H2,1-2H3/t12-,13+. The third kappa shape index (κ3) is 3.88. The van der Waals surface area contributed by atoms with Crippen molar-refractivity contribution in [2.24, 2.45) is 0 Å². The molecule has 2 atom stereocenters. The van der Waals surface area contributed by atoms with Gasteiger partial charge in [0.1, 0.15) is 0 Å². The zero-order valence-electron chi connectivity index (χ0n) is 14.5. The number of alkyl halides is 3. The smallest absolute Gasteiger partial charge is 0.372 e. The van der Waals surface area contributed by atoms with E-state index in [1.807, 2.05) is 13.8 Å². The Hall–Kier alpha value is -2.41. The summed E-state index contributed by atoms with van der Waals surface area (Å²) in [6.07, 6.45) is -3.37. The summed E-state index contributed by atoms with van der Waals surface area (Å²) in [6, 6.07) is 8.40. The van der Waals surface area contributed by atoms with Crippen LogP contribution in [-0.2, 0) is 10.9 Å². The van der Waals surface area contributed by atoms with Crippen molar-refractivity contribution in [1.82, 2.24) is 9.88 Å². The number of morpholine rings is 1. The van der Waals surface area contributed by atoms with E-state index in [1.165, 1.54) is 24.4 Å². The summed E-state index contributed by atoms with van der Waals surface area (Å²) < 4.78 is 45.3. The summed E-state index contributed by atoms with van der Waals surface area (Å²) in [4.78, 5) is 18.3. The molecule has 1 amide bonds. The SMILES string of the molecule is C[C@@H]1CN(C(=O)c2cccc(-c3ncccc3C(F)(F)F)c2)C[C@H](C)O1. The van der Waals surface area contributed by atoms with Crippen LogP contribution in [0.3, 0.4) is 0 Å². The van der Waals surface area contributed by atoms with Crippen LogP contribution in [0.25, 0.3) is 11.3 Å². The molecule has 0 spiro atoms. The van der Waals surface area contributed by atoms with Crippen molar-refractivity contribution >= 4 is 5.91 Å². The third-order valence-corrected chi connectivity index (χ3v) is 4.20. The average Bonchev–Trinajstić information content (AvgIpc) is 2.59. The number of ether oxygens (including phenoxy) is 1. The van der Waals surface area contributed by atoms with Gasteiger partial charge in [-0.25, -0.2) is 0 Å². The Morgan fingerprint density at radius 3 is 2.50 bits per heavy atom. The molecule has 1 fully saturated rings. The maximum absolute atomic E-state index is 13.2. The molecular formula is C19H19F3N2O2. The molecule has 0 radical (unpaired) electrons. The number of amides is 1. The van der Waals surface area contributed by atoms with E-state index in [1.54, 1.807) is 17.0 Å². The number of carbonyl (C=O) groups is 1. The lowest BCUT2D eigenvalue weighted by Crippen LogP contribution is -2.48. The number of carbonyl (C=O) groups excluding carboxylic acids is 1. The van der Waals surface area contributed by atoms with Crippen LogP contribution in [0.2, 0.25) is 0 Å². The van der Waals surface area contributed by atoms with Crippen molar-refractivity contribution in [3.63, 3.8) is 0 Å². The first-order valence-corrected chi connectivity index (χ1v) is 8.33. The van der Waals surface area contributed by atoms with Gasteiger partial charge >= 0.3 is 6.18 Å². The van der Waals surface area contributed by atoms with Crippen LogP contribution >= 0.6 is 0 Å². The molecule has 26 heavy (non-hydrogen) atoms. The van der Waals surface area contributed by atoms with Crippen LogP contribution < -0.4 is 0 Å². The molecule has 0 N–H and O–H groups in total. The van der Waals surface area contributed by atoms with Crippen LogP contribution in [0.15, 0.2) is 42.6 Å². The highest BCUT2D eigenvalue weighted by atomic mass is 19.4. The Kier molecular flexibility index (Phi) is 5.00. The van der Waals surface area contributed by atoms with E-state index < -0.39 is 11.7 Å². The van der Waals surface area contributed by atoms with Gasteiger partial charge in [-0.1, -0.05) is 12.1 Å². The highest BCUT2D eigenvalue weighted by molar-refractivity contribution is 5.95. The molecule has 0 saturated carbocycles. The number of aromatic nitrogens is 1. The fourth-order valence-electron chi connectivity index (χ4n) is 3.19. The van der Waals surface area contributed by atoms with E-state index in [0.717, 1.165) is 6.07 Å². The van der Waals surface area contributed by atoms with Gasteiger partial charge in [-0.2, -0.15) is 13.2 Å². The van der Waals surface area contributed by atoms with Crippen LogP contribution in [0.1, 0.15) is 29.8 Å². The first kappa shape index (κ1) is 18.4. The number of rotatable bonds is 2. The van der Waals surface area contributed by atoms with Crippen molar-refractivity contribution in [2.75, 3.05) is 13.1 Å². The molecular weight excluding hydrogens is 345 g/mol. The van der Waals surface area contributed by atoms with Crippen molar-refractivity contribution in [3.05, 3.63) is 53.7 Å². The van der Waals surface area contributed by atoms with Gasteiger partial charge in [0.15, 0.2) is 0 Å². The Balaban J connectivity index is 1.94. The highest BCUT2D eigenvalue weighted by Gasteiger charge is 2.34. The molecule has 2 heterocycles.